The van der Waals surface area contributed by atoms with Gasteiger partial charge in [-0.3, -0.25) is 0 Å². The monoisotopic (exact) mass is 181 g/mol. The van der Waals surface area contributed by atoms with E-state index in [-0.39, 0.29) is 0 Å². The Kier molecular flexibility index (Phi) is 3.04. The van der Waals surface area contributed by atoms with Crippen LogP contribution in [0.3, 0.4) is 0 Å². The van der Waals surface area contributed by atoms with Gasteiger partial charge in [0, 0.05) is 0 Å². The van der Waals surface area contributed by atoms with Gasteiger partial charge in [0.25, 0.3) is 0 Å². The van der Waals surface area contributed by atoms with Gasteiger partial charge in [0.1, 0.15) is 5.67 Å². The number of alkyl halides is 1. The molecule has 0 bridgehead atoms. The zero-order valence-corrected chi connectivity index (χ0v) is 8.18. The Morgan fingerprint density at radius 1 is 1.38 bits per heavy atom. The number of halogens is 1. The number of hydrogen-bond acceptors (Lipinski definition) is 1. The second kappa shape index (κ2) is 3.88. The third kappa shape index (κ3) is 2.28. The van der Waals surface area contributed by atoms with Crippen LogP contribution in [0.1, 0.15) is 24.5 Å². The minimum atomic E-state index is -1.29. The van der Waals surface area contributed by atoms with Crippen molar-refractivity contribution in [1.82, 2.24) is 0 Å². The van der Waals surface area contributed by atoms with Crippen LogP contribution in [-0.2, 0) is 5.67 Å². The first-order valence-electron chi connectivity index (χ1n) is 4.53. The van der Waals surface area contributed by atoms with Crippen molar-refractivity contribution in [3.8, 4) is 0 Å². The summed E-state index contributed by atoms with van der Waals surface area (Å²) in [5.74, 6) is 0. The number of nitrogens with two attached hydrogens (primary N) is 1. The first-order chi connectivity index (χ1) is 6.08. The maximum Gasteiger partial charge on any atom is 0.134 e. The number of benzene rings is 1. The molecule has 1 unspecified atom stereocenters. The Morgan fingerprint density at radius 2 is 2.00 bits per heavy atom. The van der Waals surface area contributed by atoms with Crippen molar-refractivity contribution >= 4 is 0 Å². The first kappa shape index (κ1) is 10.2. The fourth-order valence-corrected chi connectivity index (χ4v) is 1.56. The molecule has 1 atom stereocenters. The van der Waals surface area contributed by atoms with Crippen LogP contribution in [0, 0.1) is 6.92 Å². The molecule has 0 amide bonds. The molecule has 0 fully saturated rings. The predicted octanol–water partition coefficient (Wildman–Crippen LogP) is 2.53. The van der Waals surface area contributed by atoms with E-state index in [2.05, 4.69) is 0 Å². The van der Waals surface area contributed by atoms with Gasteiger partial charge in [0.15, 0.2) is 0 Å². The Morgan fingerprint density at radius 3 is 2.54 bits per heavy atom. The molecule has 0 aliphatic heterocycles. The molecule has 0 aliphatic rings. The minimum Gasteiger partial charge on any atom is -0.330 e. The fraction of sp³-hybridized carbons (Fsp3) is 0.455. The van der Waals surface area contributed by atoms with E-state index in [1.54, 1.807) is 6.92 Å². The number of aryl methyl sites for hydroxylation is 1. The van der Waals surface area contributed by atoms with Crippen LogP contribution in [0.15, 0.2) is 24.3 Å². The van der Waals surface area contributed by atoms with Gasteiger partial charge in [-0.25, -0.2) is 4.39 Å². The second-order valence-corrected chi connectivity index (χ2v) is 3.55. The highest BCUT2D eigenvalue weighted by Gasteiger charge is 2.25. The quantitative estimate of drug-likeness (QED) is 0.761. The van der Waals surface area contributed by atoms with E-state index < -0.39 is 5.67 Å². The molecule has 2 heteroatoms. The molecule has 13 heavy (non-hydrogen) atoms. The molecule has 1 aromatic carbocycles. The lowest BCUT2D eigenvalue weighted by molar-refractivity contribution is 0.180. The summed E-state index contributed by atoms with van der Waals surface area (Å²) in [6.07, 6.45) is 0.373. The molecule has 72 valence electrons. The van der Waals surface area contributed by atoms with E-state index in [9.17, 15) is 4.39 Å². The maximum absolute atomic E-state index is 14.0. The third-order valence-electron chi connectivity index (χ3n) is 2.32. The average Bonchev–Trinajstić information content (AvgIpc) is 2.04. The molecule has 0 saturated heterocycles. The summed E-state index contributed by atoms with van der Waals surface area (Å²) in [7, 11) is 0. The molecule has 0 saturated carbocycles. The highest BCUT2D eigenvalue weighted by atomic mass is 19.1. The smallest absolute Gasteiger partial charge is 0.134 e. The van der Waals surface area contributed by atoms with Gasteiger partial charge in [0.2, 0.25) is 0 Å². The van der Waals surface area contributed by atoms with Crippen molar-refractivity contribution in [2.24, 2.45) is 5.73 Å². The van der Waals surface area contributed by atoms with Gasteiger partial charge in [-0.2, -0.15) is 0 Å². The maximum atomic E-state index is 14.0. The molecule has 0 heterocycles. The zero-order chi connectivity index (χ0) is 9.90. The lowest BCUT2D eigenvalue weighted by Gasteiger charge is -2.21. The van der Waals surface area contributed by atoms with E-state index in [0.29, 0.717) is 13.0 Å². The van der Waals surface area contributed by atoms with Crippen LogP contribution in [0.4, 0.5) is 4.39 Å². The molecular weight excluding hydrogens is 165 g/mol. The van der Waals surface area contributed by atoms with Crippen LogP contribution >= 0.6 is 0 Å². The first-order valence-corrected chi connectivity index (χ1v) is 4.53. The predicted molar refractivity (Wildman–Crippen MR) is 53.3 cm³/mol. The zero-order valence-electron chi connectivity index (χ0n) is 8.18. The van der Waals surface area contributed by atoms with E-state index in [1.807, 2.05) is 31.2 Å². The Balaban J connectivity index is 2.99. The normalized spacial score (nSPS) is 15.4. The largest absolute Gasteiger partial charge is 0.330 e. The fourth-order valence-electron chi connectivity index (χ4n) is 1.56. The summed E-state index contributed by atoms with van der Waals surface area (Å²) in [6.45, 7) is 3.88. The van der Waals surface area contributed by atoms with Crippen LogP contribution in [-0.4, -0.2) is 6.54 Å². The molecule has 0 spiro atoms. The number of hydrogen-bond donors (Lipinski definition) is 1. The average molecular weight is 181 g/mol. The van der Waals surface area contributed by atoms with Gasteiger partial charge in [0.05, 0.1) is 0 Å². The summed E-state index contributed by atoms with van der Waals surface area (Å²) < 4.78 is 14.0. The lowest BCUT2D eigenvalue weighted by atomic mass is 9.91. The second-order valence-electron chi connectivity index (χ2n) is 3.55. The molecular formula is C11H16FN. The summed E-state index contributed by atoms with van der Waals surface area (Å²) in [5, 5.41) is 0. The minimum absolute atomic E-state index is 0.373. The van der Waals surface area contributed by atoms with Gasteiger partial charge in [-0.05, 0) is 37.9 Å². The van der Waals surface area contributed by atoms with Gasteiger partial charge >= 0.3 is 0 Å². The van der Waals surface area contributed by atoms with Crippen LogP contribution in [0.2, 0.25) is 0 Å². The van der Waals surface area contributed by atoms with Gasteiger partial charge < -0.3 is 5.73 Å². The van der Waals surface area contributed by atoms with Gasteiger partial charge in [-0.1, -0.05) is 24.3 Å². The van der Waals surface area contributed by atoms with Crippen LogP contribution < -0.4 is 5.73 Å². The highest BCUT2D eigenvalue weighted by molar-refractivity contribution is 5.30. The molecule has 2 N–H and O–H groups in total. The highest BCUT2D eigenvalue weighted by Crippen LogP contribution is 2.30. The SMILES string of the molecule is Cc1ccccc1C(C)(F)CCN. The lowest BCUT2D eigenvalue weighted by Crippen LogP contribution is -2.21. The molecule has 1 aromatic rings. The molecule has 1 nitrogen and oxygen atoms in total. The van der Waals surface area contributed by atoms with E-state index in [4.69, 9.17) is 5.73 Å². The van der Waals surface area contributed by atoms with E-state index >= 15 is 0 Å². The topological polar surface area (TPSA) is 26.0 Å². The number of rotatable bonds is 3. The summed E-state index contributed by atoms with van der Waals surface area (Å²) in [4.78, 5) is 0. The molecule has 0 aromatic heterocycles. The van der Waals surface area contributed by atoms with Crippen molar-refractivity contribution in [2.75, 3.05) is 6.54 Å². The van der Waals surface area contributed by atoms with Crippen LogP contribution in [0.5, 0.6) is 0 Å². The Bertz CT molecular complexity index is 281. The molecule has 1 rings (SSSR count). The van der Waals surface area contributed by atoms with Crippen molar-refractivity contribution in [2.45, 2.75) is 25.9 Å². The van der Waals surface area contributed by atoms with Crippen molar-refractivity contribution in [1.29, 1.82) is 0 Å². The summed E-state index contributed by atoms with van der Waals surface area (Å²) in [6, 6.07) is 7.52. The van der Waals surface area contributed by atoms with Crippen molar-refractivity contribution < 1.29 is 4.39 Å². The molecule has 0 radical (unpaired) electrons. The van der Waals surface area contributed by atoms with Crippen molar-refractivity contribution in [3.63, 3.8) is 0 Å². The van der Waals surface area contributed by atoms with Crippen LogP contribution in [0.25, 0.3) is 0 Å². The Hall–Kier alpha value is -0.890. The third-order valence-corrected chi connectivity index (χ3v) is 2.32. The van der Waals surface area contributed by atoms with Gasteiger partial charge in [-0.15, -0.1) is 0 Å². The molecule has 0 aliphatic carbocycles. The van der Waals surface area contributed by atoms with E-state index in [0.717, 1.165) is 11.1 Å². The summed E-state index contributed by atoms with van der Waals surface area (Å²) >= 11 is 0. The van der Waals surface area contributed by atoms with E-state index in [1.165, 1.54) is 0 Å². The Labute approximate surface area is 78.8 Å². The standard InChI is InChI=1S/C11H16FN/c1-9-5-3-4-6-10(9)11(2,12)7-8-13/h3-6H,7-8,13H2,1-2H3. The summed E-state index contributed by atoms with van der Waals surface area (Å²) in [5.41, 5.74) is 5.81. The van der Waals surface area contributed by atoms with Crippen molar-refractivity contribution in [3.05, 3.63) is 35.4 Å².